The highest BCUT2D eigenvalue weighted by Gasteiger charge is 2.44. The summed E-state index contributed by atoms with van der Waals surface area (Å²) in [4.78, 5) is 12.2. The second-order valence-corrected chi connectivity index (χ2v) is 7.45. The van der Waals surface area contributed by atoms with Crippen LogP contribution in [0.15, 0.2) is 27.4 Å². The topological polar surface area (TPSA) is 159 Å². The SMILES string of the molecule is CCCCCCOc1c(O)c2ccc(O[C@@H]3O[C@H](CO)[C@@H](O)[C@H](O)[C@@H]3O)cc2oc1=O. The lowest BCUT2D eigenvalue weighted by atomic mass is 9.99. The van der Waals surface area contributed by atoms with Crippen molar-refractivity contribution in [2.24, 2.45) is 0 Å². The van der Waals surface area contributed by atoms with E-state index >= 15 is 0 Å². The van der Waals surface area contributed by atoms with Gasteiger partial charge in [-0.25, -0.2) is 4.79 Å². The highest BCUT2D eigenvalue weighted by molar-refractivity contribution is 5.86. The second-order valence-electron chi connectivity index (χ2n) is 7.45. The highest BCUT2D eigenvalue weighted by atomic mass is 16.7. The number of rotatable bonds is 9. The number of aliphatic hydroxyl groups is 4. The summed E-state index contributed by atoms with van der Waals surface area (Å²) in [7, 11) is 0. The first-order chi connectivity index (χ1) is 14.9. The largest absolute Gasteiger partial charge is 0.504 e. The molecule has 5 N–H and O–H groups in total. The summed E-state index contributed by atoms with van der Waals surface area (Å²) in [5.41, 5.74) is -0.826. The van der Waals surface area contributed by atoms with E-state index in [0.29, 0.717) is 0 Å². The van der Waals surface area contributed by atoms with E-state index < -0.39 is 42.9 Å². The molecule has 0 aliphatic carbocycles. The predicted molar refractivity (Wildman–Crippen MR) is 108 cm³/mol. The molecule has 10 heteroatoms. The smallest absolute Gasteiger partial charge is 0.383 e. The average Bonchev–Trinajstić information content (AvgIpc) is 2.75. The van der Waals surface area contributed by atoms with Gasteiger partial charge in [0.25, 0.3) is 0 Å². The summed E-state index contributed by atoms with van der Waals surface area (Å²) < 4.78 is 21.5. The van der Waals surface area contributed by atoms with Crippen LogP contribution in [0.5, 0.6) is 17.2 Å². The summed E-state index contributed by atoms with van der Waals surface area (Å²) >= 11 is 0. The lowest BCUT2D eigenvalue weighted by Gasteiger charge is -2.39. The predicted octanol–water partition coefficient (Wildman–Crippen LogP) is 0.636. The molecule has 1 aromatic carbocycles. The molecule has 172 valence electrons. The normalized spacial score (nSPS) is 26.2. The fourth-order valence-corrected chi connectivity index (χ4v) is 3.35. The molecule has 1 fully saturated rings. The lowest BCUT2D eigenvalue weighted by Crippen LogP contribution is -2.60. The number of aromatic hydroxyl groups is 1. The van der Waals surface area contributed by atoms with E-state index in [0.717, 1.165) is 25.7 Å². The monoisotopic (exact) mass is 440 g/mol. The van der Waals surface area contributed by atoms with Gasteiger partial charge in [-0.3, -0.25) is 0 Å². The number of unbranched alkanes of at least 4 members (excludes halogenated alkanes) is 3. The minimum atomic E-state index is -1.59. The van der Waals surface area contributed by atoms with Crippen molar-refractivity contribution in [1.82, 2.24) is 0 Å². The van der Waals surface area contributed by atoms with Crippen molar-refractivity contribution >= 4 is 11.0 Å². The van der Waals surface area contributed by atoms with Crippen molar-refractivity contribution in [3.63, 3.8) is 0 Å². The maximum Gasteiger partial charge on any atom is 0.383 e. The van der Waals surface area contributed by atoms with E-state index in [1.807, 2.05) is 0 Å². The van der Waals surface area contributed by atoms with E-state index in [2.05, 4.69) is 6.92 Å². The van der Waals surface area contributed by atoms with Crippen molar-refractivity contribution < 1.29 is 44.2 Å². The molecule has 0 radical (unpaired) electrons. The van der Waals surface area contributed by atoms with Gasteiger partial charge in [-0.1, -0.05) is 26.2 Å². The van der Waals surface area contributed by atoms with E-state index in [1.54, 1.807) is 0 Å². The van der Waals surface area contributed by atoms with Crippen LogP contribution in [0.1, 0.15) is 32.6 Å². The Kier molecular flexibility index (Phi) is 7.74. The zero-order valence-corrected chi connectivity index (χ0v) is 17.1. The van der Waals surface area contributed by atoms with Crippen molar-refractivity contribution in [2.75, 3.05) is 13.2 Å². The quantitative estimate of drug-likeness (QED) is 0.277. The van der Waals surface area contributed by atoms with Crippen LogP contribution in [0.2, 0.25) is 0 Å². The Morgan fingerprint density at radius 3 is 2.55 bits per heavy atom. The molecule has 2 heterocycles. The van der Waals surface area contributed by atoms with Gasteiger partial charge in [-0.2, -0.15) is 0 Å². The summed E-state index contributed by atoms with van der Waals surface area (Å²) in [6.45, 7) is 1.77. The fourth-order valence-electron chi connectivity index (χ4n) is 3.35. The standard InChI is InChI=1S/C21H28O10/c1-2-3-4-5-8-28-19-15(23)12-7-6-11(9-13(12)30-20(19)27)29-21-18(26)17(25)16(24)14(10-22)31-21/h6-7,9,14,16-18,21-26H,2-5,8,10H2,1H3/t14-,16-,17+,18+,21-/m1/s1. The van der Waals surface area contributed by atoms with Gasteiger partial charge in [0.15, 0.2) is 5.75 Å². The molecule has 5 atom stereocenters. The van der Waals surface area contributed by atoms with E-state index in [4.69, 9.17) is 18.6 Å². The summed E-state index contributed by atoms with van der Waals surface area (Å²) in [6.07, 6.45) is -3.37. The molecule has 31 heavy (non-hydrogen) atoms. The Bertz CT molecular complexity index is 924. The first-order valence-electron chi connectivity index (χ1n) is 10.3. The number of benzene rings is 1. The highest BCUT2D eigenvalue weighted by Crippen LogP contribution is 2.34. The molecule has 0 unspecified atom stereocenters. The molecule has 1 saturated heterocycles. The molecular weight excluding hydrogens is 412 g/mol. The van der Waals surface area contributed by atoms with Crippen LogP contribution in [-0.2, 0) is 4.74 Å². The average molecular weight is 440 g/mol. The molecule has 1 aliphatic rings. The van der Waals surface area contributed by atoms with Crippen molar-refractivity contribution in [1.29, 1.82) is 0 Å². The number of hydrogen-bond acceptors (Lipinski definition) is 10. The first kappa shape index (κ1) is 23.3. The molecule has 0 saturated carbocycles. The maximum atomic E-state index is 12.2. The lowest BCUT2D eigenvalue weighted by molar-refractivity contribution is -0.277. The minimum Gasteiger partial charge on any atom is -0.504 e. The molecular formula is C21H28O10. The van der Waals surface area contributed by atoms with Crippen LogP contribution in [0.3, 0.4) is 0 Å². The Morgan fingerprint density at radius 1 is 1.06 bits per heavy atom. The zero-order chi connectivity index (χ0) is 22.5. The van der Waals surface area contributed by atoms with Crippen molar-refractivity contribution in [3.05, 3.63) is 28.6 Å². The van der Waals surface area contributed by atoms with Crippen LogP contribution in [0.4, 0.5) is 0 Å². The third-order valence-electron chi connectivity index (χ3n) is 5.16. The number of ether oxygens (including phenoxy) is 3. The van der Waals surface area contributed by atoms with Gasteiger partial charge in [0.1, 0.15) is 35.7 Å². The Labute approximate surface area is 178 Å². The van der Waals surface area contributed by atoms with E-state index in [-0.39, 0.29) is 34.8 Å². The Balaban J connectivity index is 1.77. The fraction of sp³-hybridized carbons (Fsp3) is 0.571. The molecule has 1 aliphatic heterocycles. The zero-order valence-electron chi connectivity index (χ0n) is 17.1. The van der Waals surface area contributed by atoms with Crippen LogP contribution < -0.4 is 15.1 Å². The van der Waals surface area contributed by atoms with Gasteiger partial charge < -0.3 is 44.2 Å². The van der Waals surface area contributed by atoms with Crippen LogP contribution in [-0.4, -0.2) is 69.5 Å². The van der Waals surface area contributed by atoms with Crippen molar-refractivity contribution in [3.8, 4) is 17.2 Å². The molecule has 2 aromatic rings. The maximum absolute atomic E-state index is 12.2. The Morgan fingerprint density at radius 2 is 1.84 bits per heavy atom. The molecule has 0 bridgehead atoms. The summed E-state index contributed by atoms with van der Waals surface area (Å²) in [6, 6.07) is 4.19. The van der Waals surface area contributed by atoms with Gasteiger partial charge in [-0.05, 0) is 18.6 Å². The molecule has 3 rings (SSSR count). The van der Waals surface area contributed by atoms with Gasteiger partial charge in [0, 0.05) is 6.07 Å². The van der Waals surface area contributed by atoms with E-state index in [9.17, 15) is 30.3 Å². The Hall–Kier alpha value is -2.37. The third kappa shape index (κ3) is 5.10. The third-order valence-corrected chi connectivity index (χ3v) is 5.16. The minimum absolute atomic E-state index is 0.0166. The van der Waals surface area contributed by atoms with Crippen LogP contribution >= 0.6 is 0 Å². The number of hydrogen-bond donors (Lipinski definition) is 5. The van der Waals surface area contributed by atoms with Crippen LogP contribution in [0.25, 0.3) is 11.0 Å². The van der Waals surface area contributed by atoms with Gasteiger partial charge in [0.05, 0.1) is 18.6 Å². The molecule has 0 amide bonds. The number of aliphatic hydroxyl groups excluding tert-OH is 4. The summed E-state index contributed by atoms with van der Waals surface area (Å²) in [5, 5.41) is 49.7. The second kappa shape index (κ2) is 10.3. The van der Waals surface area contributed by atoms with E-state index in [1.165, 1.54) is 18.2 Å². The van der Waals surface area contributed by atoms with Crippen molar-refractivity contribution in [2.45, 2.75) is 63.3 Å². The summed E-state index contributed by atoms with van der Waals surface area (Å²) in [5.74, 6) is -0.500. The van der Waals surface area contributed by atoms with Crippen LogP contribution in [0, 0.1) is 0 Å². The van der Waals surface area contributed by atoms with Gasteiger partial charge in [0.2, 0.25) is 12.0 Å². The van der Waals surface area contributed by atoms with Gasteiger partial charge >= 0.3 is 5.63 Å². The molecule has 10 nitrogen and oxygen atoms in total. The molecule has 1 aromatic heterocycles. The molecule has 0 spiro atoms. The van der Waals surface area contributed by atoms with Gasteiger partial charge in [-0.15, -0.1) is 0 Å². The first-order valence-corrected chi connectivity index (χ1v) is 10.3. The number of fused-ring (bicyclic) bond motifs is 1.